The fraction of sp³-hybridized carbons (Fsp3) is 0. The van der Waals surface area contributed by atoms with Crippen LogP contribution in [-0.4, -0.2) is 0 Å². The Balaban J connectivity index is 3.48. The lowest BCUT2D eigenvalue weighted by atomic mass is 13.8. The monoisotopic (exact) mass is 129 g/mol. The van der Waals surface area contributed by atoms with Gasteiger partial charge in [0.2, 0.25) is 0 Å². The van der Waals surface area contributed by atoms with Crippen LogP contribution in [0.2, 0.25) is 0 Å². The predicted octanol–water partition coefficient (Wildman–Crippen LogP) is -0.245. The van der Waals surface area contributed by atoms with E-state index >= 15 is 0 Å². The molecule has 38 valence electrons. The molecule has 0 aliphatic rings. The van der Waals surface area contributed by atoms with Gasteiger partial charge in [0.25, 0.3) is 7.59 Å². The second-order valence-electron chi connectivity index (χ2n) is 0.794. The van der Waals surface area contributed by atoms with Crippen molar-refractivity contribution < 1.29 is 4.57 Å². The summed E-state index contributed by atoms with van der Waals surface area (Å²) < 4.78 is 11.6. The van der Waals surface area contributed by atoms with Crippen LogP contribution < -0.4 is 15.6 Å². The molecular formula is H5ClN3OP. The van der Waals surface area contributed by atoms with Crippen molar-refractivity contribution in [2.45, 2.75) is 0 Å². The minimum absolute atomic E-state index is 1.69. The van der Waals surface area contributed by atoms with Crippen LogP contribution in [-0.2, 0) is 4.57 Å². The van der Waals surface area contributed by atoms with Crippen molar-refractivity contribution in [1.82, 2.24) is 4.61 Å². The van der Waals surface area contributed by atoms with Crippen LogP contribution >= 0.6 is 19.4 Å². The highest BCUT2D eigenvalue weighted by molar-refractivity contribution is 7.58. The van der Waals surface area contributed by atoms with E-state index in [1.807, 2.05) is 0 Å². The molecule has 6 heteroatoms. The van der Waals surface area contributed by atoms with Gasteiger partial charge in [-0.05, 0) is 11.8 Å². The van der Waals surface area contributed by atoms with E-state index in [0.29, 0.717) is 0 Å². The summed E-state index contributed by atoms with van der Waals surface area (Å²) in [5.74, 6) is 0. The number of hydrogen-bond acceptors (Lipinski definition) is 1. The van der Waals surface area contributed by atoms with E-state index in [9.17, 15) is 4.57 Å². The van der Waals surface area contributed by atoms with Crippen LogP contribution in [0.4, 0.5) is 0 Å². The van der Waals surface area contributed by atoms with Gasteiger partial charge in [-0.1, -0.05) is 0 Å². The molecule has 5 N–H and O–H groups in total. The Bertz CT molecular complexity index is 74.9. The van der Waals surface area contributed by atoms with Crippen LogP contribution in [0.3, 0.4) is 0 Å². The number of nitrogens with one attached hydrogen (secondary N) is 1. The van der Waals surface area contributed by atoms with Crippen molar-refractivity contribution in [1.29, 1.82) is 0 Å². The molecule has 0 heterocycles. The van der Waals surface area contributed by atoms with Crippen LogP contribution in [0.1, 0.15) is 0 Å². The molecule has 0 aromatic carbocycles. The Morgan fingerprint density at radius 2 is 1.83 bits per heavy atom. The molecule has 0 fully saturated rings. The predicted molar refractivity (Wildman–Crippen MR) is 25.0 cm³/mol. The van der Waals surface area contributed by atoms with Crippen molar-refractivity contribution in [3.63, 3.8) is 0 Å². The average molecular weight is 129 g/mol. The van der Waals surface area contributed by atoms with E-state index in [-0.39, 0.29) is 0 Å². The maximum absolute atomic E-state index is 9.90. The first kappa shape index (κ1) is 6.40. The molecule has 0 saturated carbocycles. The summed E-state index contributed by atoms with van der Waals surface area (Å²) in [6, 6.07) is 0. The fourth-order valence-electron chi connectivity index (χ4n) is 0. The molecule has 0 unspecified atom stereocenters. The Labute approximate surface area is 40.5 Å². The topological polar surface area (TPSA) is 81.1 Å². The first-order valence-electron chi connectivity index (χ1n) is 1.11. The minimum Gasteiger partial charge on any atom is -0.270 e. The highest BCUT2D eigenvalue weighted by Crippen LogP contribution is 2.17. The van der Waals surface area contributed by atoms with E-state index in [2.05, 4.69) is 11.0 Å². The zero-order chi connectivity index (χ0) is 5.21. The molecule has 0 atom stereocenters. The van der Waals surface area contributed by atoms with Gasteiger partial charge < -0.3 is 0 Å². The van der Waals surface area contributed by atoms with Gasteiger partial charge in [0.05, 0.1) is 0 Å². The highest BCUT2D eigenvalue weighted by Gasteiger charge is 2.00. The molecule has 0 radical (unpaired) electrons. The first-order valence-corrected chi connectivity index (χ1v) is 3.33. The SMILES string of the molecule is NP(N)(=O)NCl. The molecule has 0 aromatic rings. The standard InChI is InChI=1S/ClH5N3OP/c1-4-6(2,3)5/h(H5,2,3,4,5). The molecule has 6 heavy (non-hydrogen) atoms. The van der Waals surface area contributed by atoms with Crippen LogP contribution in [0.5, 0.6) is 0 Å². The van der Waals surface area contributed by atoms with Gasteiger partial charge >= 0.3 is 0 Å². The summed E-state index contributed by atoms with van der Waals surface area (Å²) in [7, 11) is -3.13. The van der Waals surface area contributed by atoms with E-state index in [1.165, 1.54) is 0 Å². The molecule has 0 aromatic heterocycles. The van der Waals surface area contributed by atoms with Gasteiger partial charge in [-0.2, -0.15) is 4.61 Å². The van der Waals surface area contributed by atoms with Crippen molar-refractivity contribution in [3.8, 4) is 0 Å². The molecule has 0 aliphatic heterocycles. The summed E-state index contributed by atoms with van der Waals surface area (Å²) in [5.41, 5.74) is 9.25. The summed E-state index contributed by atoms with van der Waals surface area (Å²) in [6.07, 6.45) is 0. The number of nitrogens with two attached hydrogens (primary N) is 2. The van der Waals surface area contributed by atoms with Crippen LogP contribution in [0, 0.1) is 0 Å². The summed E-state index contributed by atoms with van der Waals surface area (Å²) in [5, 5.41) is 0. The third-order valence-electron chi connectivity index (χ3n) is 0.132. The van der Waals surface area contributed by atoms with Gasteiger partial charge in [0.1, 0.15) is 0 Å². The van der Waals surface area contributed by atoms with Crippen molar-refractivity contribution >= 4 is 19.4 Å². The quantitative estimate of drug-likeness (QED) is 0.337. The molecule has 0 aliphatic carbocycles. The largest absolute Gasteiger partial charge is 0.287 e. The average Bonchev–Trinajstić information content (AvgIpc) is 1.35. The zero-order valence-electron chi connectivity index (χ0n) is 2.89. The summed E-state index contributed by atoms with van der Waals surface area (Å²) in [4.78, 5) is 0. The Morgan fingerprint density at radius 3 is 1.83 bits per heavy atom. The van der Waals surface area contributed by atoms with Gasteiger partial charge in [0, 0.05) is 0 Å². The van der Waals surface area contributed by atoms with Gasteiger partial charge in [-0.15, -0.1) is 0 Å². The normalized spacial score (nSPS) is 11.8. The van der Waals surface area contributed by atoms with Crippen molar-refractivity contribution in [3.05, 3.63) is 0 Å². The first-order chi connectivity index (χ1) is 2.56. The fourth-order valence-corrected chi connectivity index (χ4v) is 0. The third kappa shape index (κ3) is 4.40. The number of hydrogen-bond donors (Lipinski definition) is 3. The molecular weight excluding hydrogens is 124 g/mol. The summed E-state index contributed by atoms with van der Waals surface area (Å²) >= 11 is 4.71. The Morgan fingerprint density at radius 1 is 1.67 bits per heavy atom. The lowest BCUT2D eigenvalue weighted by Gasteiger charge is -1.96. The van der Waals surface area contributed by atoms with E-state index in [1.54, 1.807) is 4.61 Å². The Hall–Kier alpha value is 0.400. The van der Waals surface area contributed by atoms with Crippen molar-refractivity contribution in [2.75, 3.05) is 0 Å². The molecule has 0 bridgehead atoms. The molecule has 0 amide bonds. The van der Waals surface area contributed by atoms with Crippen LogP contribution in [0.25, 0.3) is 0 Å². The van der Waals surface area contributed by atoms with Gasteiger partial charge in [0.15, 0.2) is 0 Å². The highest BCUT2D eigenvalue weighted by atomic mass is 35.5. The lowest BCUT2D eigenvalue weighted by molar-refractivity contribution is 0.575. The molecule has 0 rings (SSSR count). The number of rotatable bonds is 1. The maximum atomic E-state index is 9.90. The molecule has 0 spiro atoms. The smallest absolute Gasteiger partial charge is 0.270 e. The van der Waals surface area contributed by atoms with E-state index < -0.39 is 7.59 Å². The van der Waals surface area contributed by atoms with Gasteiger partial charge in [-0.3, -0.25) is 15.6 Å². The Kier molecular flexibility index (Phi) is 2.04. The maximum Gasteiger partial charge on any atom is 0.287 e. The number of halogens is 1. The van der Waals surface area contributed by atoms with Gasteiger partial charge in [-0.25, -0.2) is 0 Å². The van der Waals surface area contributed by atoms with E-state index in [0.717, 1.165) is 0 Å². The lowest BCUT2D eigenvalue weighted by Crippen LogP contribution is -2.13. The van der Waals surface area contributed by atoms with Crippen molar-refractivity contribution in [2.24, 2.45) is 11.0 Å². The molecule has 0 saturated heterocycles. The zero-order valence-corrected chi connectivity index (χ0v) is 4.54. The second-order valence-corrected chi connectivity index (χ2v) is 2.89. The minimum atomic E-state index is -3.13. The second kappa shape index (κ2) is 1.91. The summed E-state index contributed by atoms with van der Waals surface area (Å²) in [6.45, 7) is 0. The van der Waals surface area contributed by atoms with Crippen LogP contribution in [0.15, 0.2) is 0 Å². The van der Waals surface area contributed by atoms with E-state index in [4.69, 9.17) is 11.8 Å². The third-order valence-corrected chi connectivity index (χ3v) is 1.19. The molecule has 4 nitrogen and oxygen atoms in total.